The first-order valence-electron chi connectivity index (χ1n) is 9.44. The SMILES string of the molecule is COc1cccc(C2(NC(=O)CN3Cc4ccccc4C3=O)CCCC2)c1. The molecular formula is C22H24N2O3. The molecule has 1 aliphatic carbocycles. The number of carbonyl (C=O) groups excluding carboxylic acids is 2. The zero-order chi connectivity index (χ0) is 18.9. The van der Waals surface area contributed by atoms with Gasteiger partial charge in [0.05, 0.1) is 12.6 Å². The van der Waals surface area contributed by atoms with Gasteiger partial charge in [-0.3, -0.25) is 9.59 Å². The summed E-state index contributed by atoms with van der Waals surface area (Å²) in [5, 5.41) is 3.25. The first-order chi connectivity index (χ1) is 13.1. The summed E-state index contributed by atoms with van der Waals surface area (Å²) in [6.45, 7) is 0.577. The van der Waals surface area contributed by atoms with Gasteiger partial charge in [-0.1, -0.05) is 43.2 Å². The highest BCUT2D eigenvalue weighted by Gasteiger charge is 2.38. The Morgan fingerprint density at radius 3 is 2.67 bits per heavy atom. The average Bonchev–Trinajstić information content (AvgIpc) is 3.28. The lowest BCUT2D eigenvalue weighted by atomic mass is 9.88. The van der Waals surface area contributed by atoms with Crippen molar-refractivity contribution in [1.29, 1.82) is 0 Å². The Bertz CT molecular complexity index is 871. The molecule has 0 radical (unpaired) electrons. The molecule has 1 saturated carbocycles. The van der Waals surface area contributed by atoms with Crippen LogP contribution in [0.1, 0.15) is 47.2 Å². The molecule has 5 nitrogen and oxygen atoms in total. The minimum Gasteiger partial charge on any atom is -0.497 e. The normalized spacial score (nSPS) is 17.7. The fourth-order valence-corrected chi connectivity index (χ4v) is 4.31. The molecule has 0 aromatic heterocycles. The van der Waals surface area contributed by atoms with Gasteiger partial charge in [0, 0.05) is 12.1 Å². The van der Waals surface area contributed by atoms with Gasteiger partial charge in [0.1, 0.15) is 12.3 Å². The van der Waals surface area contributed by atoms with Crippen LogP contribution in [-0.4, -0.2) is 30.4 Å². The Morgan fingerprint density at radius 2 is 1.93 bits per heavy atom. The molecular weight excluding hydrogens is 340 g/mol. The molecule has 27 heavy (non-hydrogen) atoms. The number of rotatable bonds is 5. The highest BCUT2D eigenvalue weighted by Crippen LogP contribution is 2.39. The number of hydrogen-bond acceptors (Lipinski definition) is 3. The lowest BCUT2D eigenvalue weighted by molar-refractivity contribution is -0.123. The van der Waals surface area contributed by atoms with Crippen LogP contribution in [0.5, 0.6) is 5.75 Å². The topological polar surface area (TPSA) is 58.6 Å². The fourth-order valence-electron chi connectivity index (χ4n) is 4.31. The first-order valence-corrected chi connectivity index (χ1v) is 9.44. The van der Waals surface area contributed by atoms with Crippen LogP contribution in [-0.2, 0) is 16.9 Å². The van der Waals surface area contributed by atoms with Crippen LogP contribution < -0.4 is 10.1 Å². The van der Waals surface area contributed by atoms with Crippen molar-refractivity contribution in [2.45, 2.75) is 37.8 Å². The molecule has 1 heterocycles. The van der Waals surface area contributed by atoms with Crippen LogP contribution in [0.15, 0.2) is 48.5 Å². The van der Waals surface area contributed by atoms with Crippen molar-refractivity contribution in [2.75, 3.05) is 13.7 Å². The van der Waals surface area contributed by atoms with Crippen LogP contribution in [0.4, 0.5) is 0 Å². The molecule has 0 spiro atoms. The molecule has 2 aromatic rings. The molecule has 140 valence electrons. The van der Waals surface area contributed by atoms with E-state index in [0.29, 0.717) is 12.1 Å². The Hall–Kier alpha value is -2.82. The third kappa shape index (κ3) is 3.29. The molecule has 0 bridgehead atoms. The van der Waals surface area contributed by atoms with E-state index in [2.05, 4.69) is 5.32 Å². The predicted molar refractivity (Wildman–Crippen MR) is 102 cm³/mol. The van der Waals surface area contributed by atoms with Crippen LogP contribution in [0.2, 0.25) is 0 Å². The number of methoxy groups -OCH3 is 1. The van der Waals surface area contributed by atoms with Crippen molar-refractivity contribution in [3.05, 3.63) is 65.2 Å². The second-order valence-electron chi connectivity index (χ2n) is 7.39. The lowest BCUT2D eigenvalue weighted by Gasteiger charge is -2.32. The van der Waals surface area contributed by atoms with Gasteiger partial charge in [0.2, 0.25) is 5.91 Å². The molecule has 1 fully saturated rings. The second-order valence-corrected chi connectivity index (χ2v) is 7.39. The number of hydrogen-bond donors (Lipinski definition) is 1. The lowest BCUT2D eigenvalue weighted by Crippen LogP contribution is -2.48. The van der Waals surface area contributed by atoms with E-state index < -0.39 is 0 Å². The zero-order valence-electron chi connectivity index (χ0n) is 15.5. The van der Waals surface area contributed by atoms with Gasteiger partial charge in [-0.25, -0.2) is 0 Å². The summed E-state index contributed by atoms with van der Waals surface area (Å²) < 4.78 is 5.36. The summed E-state index contributed by atoms with van der Waals surface area (Å²) in [7, 11) is 1.65. The van der Waals surface area contributed by atoms with Gasteiger partial charge in [0.25, 0.3) is 5.91 Å². The van der Waals surface area contributed by atoms with Gasteiger partial charge in [-0.15, -0.1) is 0 Å². The summed E-state index contributed by atoms with van der Waals surface area (Å²) in [6, 6.07) is 15.5. The molecule has 2 aliphatic rings. The summed E-state index contributed by atoms with van der Waals surface area (Å²) >= 11 is 0. The van der Waals surface area contributed by atoms with E-state index in [0.717, 1.165) is 42.6 Å². The molecule has 4 rings (SSSR count). The molecule has 0 saturated heterocycles. The molecule has 5 heteroatoms. The molecule has 1 N–H and O–H groups in total. The van der Waals surface area contributed by atoms with E-state index in [4.69, 9.17) is 4.74 Å². The Morgan fingerprint density at radius 1 is 1.15 bits per heavy atom. The number of amides is 2. The maximum absolute atomic E-state index is 12.8. The summed E-state index contributed by atoms with van der Waals surface area (Å²) in [5.74, 6) is 0.613. The van der Waals surface area contributed by atoms with E-state index in [9.17, 15) is 9.59 Å². The van der Waals surface area contributed by atoms with Crippen molar-refractivity contribution in [1.82, 2.24) is 10.2 Å². The monoisotopic (exact) mass is 364 g/mol. The van der Waals surface area contributed by atoms with Gasteiger partial charge in [-0.05, 0) is 42.2 Å². The second kappa shape index (κ2) is 7.06. The van der Waals surface area contributed by atoms with Crippen LogP contribution in [0.3, 0.4) is 0 Å². The predicted octanol–water partition coefficient (Wildman–Crippen LogP) is 3.24. The standard InChI is InChI=1S/C22H24N2O3/c1-27-18-9-6-8-17(13-18)22(11-4-5-12-22)23-20(25)15-24-14-16-7-2-3-10-19(16)21(24)26/h2-3,6-10,13H,4-5,11-12,14-15H2,1H3,(H,23,25). The van der Waals surface area contributed by atoms with Crippen molar-refractivity contribution >= 4 is 11.8 Å². The van der Waals surface area contributed by atoms with E-state index in [-0.39, 0.29) is 23.9 Å². The number of carbonyl (C=O) groups is 2. The summed E-state index contributed by atoms with van der Waals surface area (Å²) in [5.41, 5.74) is 2.39. The number of nitrogens with zero attached hydrogens (tertiary/aromatic N) is 1. The van der Waals surface area contributed by atoms with Crippen molar-refractivity contribution in [3.63, 3.8) is 0 Å². The minimum absolute atomic E-state index is 0.0670. The fraction of sp³-hybridized carbons (Fsp3) is 0.364. The Kier molecular flexibility index (Phi) is 4.60. The number of fused-ring (bicyclic) bond motifs is 1. The minimum atomic E-state index is -0.374. The maximum atomic E-state index is 12.8. The first kappa shape index (κ1) is 17.6. The molecule has 0 atom stereocenters. The number of benzene rings is 2. The van der Waals surface area contributed by atoms with Crippen LogP contribution >= 0.6 is 0 Å². The Balaban J connectivity index is 1.50. The average molecular weight is 364 g/mol. The largest absolute Gasteiger partial charge is 0.497 e. The molecule has 1 aliphatic heterocycles. The highest BCUT2D eigenvalue weighted by molar-refractivity contribution is 6.00. The molecule has 2 amide bonds. The molecule has 2 aromatic carbocycles. The number of nitrogens with one attached hydrogen (secondary N) is 1. The summed E-state index contributed by atoms with van der Waals surface area (Å²) in [6.07, 6.45) is 3.96. The van der Waals surface area contributed by atoms with Crippen molar-refractivity contribution < 1.29 is 14.3 Å². The van der Waals surface area contributed by atoms with Gasteiger partial charge < -0.3 is 15.0 Å². The smallest absolute Gasteiger partial charge is 0.254 e. The molecule has 0 unspecified atom stereocenters. The van der Waals surface area contributed by atoms with Crippen LogP contribution in [0.25, 0.3) is 0 Å². The van der Waals surface area contributed by atoms with Gasteiger partial charge in [-0.2, -0.15) is 0 Å². The number of ether oxygens (including phenoxy) is 1. The van der Waals surface area contributed by atoms with E-state index in [1.807, 2.05) is 48.5 Å². The van der Waals surface area contributed by atoms with Gasteiger partial charge in [0.15, 0.2) is 0 Å². The van der Waals surface area contributed by atoms with Crippen molar-refractivity contribution in [2.24, 2.45) is 0 Å². The Labute approximate surface area is 159 Å². The van der Waals surface area contributed by atoms with Gasteiger partial charge >= 0.3 is 0 Å². The third-order valence-corrected chi connectivity index (χ3v) is 5.69. The quantitative estimate of drug-likeness (QED) is 0.886. The van der Waals surface area contributed by atoms with Crippen LogP contribution in [0, 0.1) is 0 Å². The van der Waals surface area contributed by atoms with E-state index in [1.54, 1.807) is 12.0 Å². The van der Waals surface area contributed by atoms with E-state index in [1.165, 1.54) is 0 Å². The van der Waals surface area contributed by atoms with E-state index >= 15 is 0 Å². The van der Waals surface area contributed by atoms with Crippen molar-refractivity contribution in [3.8, 4) is 5.75 Å². The zero-order valence-corrected chi connectivity index (χ0v) is 15.5. The maximum Gasteiger partial charge on any atom is 0.254 e. The summed E-state index contributed by atoms with van der Waals surface area (Å²) in [4.78, 5) is 27.0. The third-order valence-electron chi connectivity index (χ3n) is 5.69. The highest BCUT2D eigenvalue weighted by atomic mass is 16.5.